The number of hydrogen-bond acceptors (Lipinski definition) is 5. The topological polar surface area (TPSA) is 56.7 Å². The minimum atomic E-state index is -4.44. The second kappa shape index (κ2) is 9.15. The minimum absolute atomic E-state index is 0.278. The van der Waals surface area contributed by atoms with E-state index in [9.17, 15) is 13.2 Å². The Morgan fingerprint density at radius 1 is 0.941 bits per heavy atom. The maximum Gasteiger partial charge on any atom is 0.416 e. The summed E-state index contributed by atoms with van der Waals surface area (Å²) in [7, 11) is 0. The van der Waals surface area contributed by atoms with Crippen LogP contribution in [0, 0.1) is 0 Å². The maximum atomic E-state index is 13.2. The van der Waals surface area contributed by atoms with Crippen molar-refractivity contribution in [1.82, 2.24) is 19.7 Å². The summed E-state index contributed by atoms with van der Waals surface area (Å²) < 4.78 is 47.3. The zero-order chi connectivity index (χ0) is 23.7. The summed E-state index contributed by atoms with van der Waals surface area (Å²) in [6, 6.07) is 20.3. The fourth-order valence-electron chi connectivity index (χ4n) is 3.46. The monoisotopic (exact) mass is 500 g/mol. The van der Waals surface area contributed by atoms with Gasteiger partial charge in [0.2, 0.25) is 11.8 Å². The molecule has 0 spiro atoms. The highest BCUT2D eigenvalue weighted by Crippen LogP contribution is 2.34. The SMILES string of the molecule is FC(F)(F)c1ccc2c(c1)nc(SCc1nnc(-c3ccc(Cl)cc3)o1)n2Cc1ccccc1. The van der Waals surface area contributed by atoms with Gasteiger partial charge in [-0.2, -0.15) is 13.2 Å². The molecule has 5 aromatic rings. The number of halogens is 4. The predicted molar refractivity (Wildman–Crippen MR) is 125 cm³/mol. The van der Waals surface area contributed by atoms with E-state index in [0.29, 0.717) is 39.8 Å². The van der Waals surface area contributed by atoms with Crippen LogP contribution in [0.5, 0.6) is 0 Å². The van der Waals surface area contributed by atoms with Gasteiger partial charge < -0.3 is 8.98 Å². The fourth-order valence-corrected chi connectivity index (χ4v) is 4.44. The van der Waals surface area contributed by atoms with Crippen LogP contribution in [0.3, 0.4) is 0 Å². The van der Waals surface area contributed by atoms with E-state index in [-0.39, 0.29) is 5.52 Å². The molecule has 0 N–H and O–H groups in total. The van der Waals surface area contributed by atoms with Crippen molar-refractivity contribution < 1.29 is 17.6 Å². The molecule has 0 amide bonds. The Balaban J connectivity index is 1.44. The normalized spacial score (nSPS) is 11.9. The molecule has 0 bridgehead atoms. The summed E-state index contributed by atoms with van der Waals surface area (Å²) in [4.78, 5) is 4.49. The van der Waals surface area contributed by atoms with Crippen LogP contribution in [-0.4, -0.2) is 19.7 Å². The Bertz CT molecular complexity index is 1430. The van der Waals surface area contributed by atoms with E-state index >= 15 is 0 Å². The lowest BCUT2D eigenvalue weighted by Crippen LogP contribution is -2.05. The number of aromatic nitrogens is 4. The molecular formula is C24H16ClF3N4OS. The largest absolute Gasteiger partial charge is 0.420 e. The van der Waals surface area contributed by atoms with Gasteiger partial charge in [-0.3, -0.25) is 0 Å². The molecule has 0 saturated carbocycles. The molecule has 0 aliphatic rings. The van der Waals surface area contributed by atoms with Gasteiger partial charge in [-0.15, -0.1) is 10.2 Å². The van der Waals surface area contributed by atoms with Crippen molar-refractivity contribution >= 4 is 34.4 Å². The molecule has 0 radical (unpaired) electrons. The third-order valence-electron chi connectivity index (χ3n) is 5.11. The lowest BCUT2D eigenvalue weighted by molar-refractivity contribution is -0.137. The molecule has 0 aliphatic carbocycles. The molecule has 34 heavy (non-hydrogen) atoms. The standard InChI is InChI=1S/C24H16ClF3N4OS/c25-18-9-6-16(7-10-18)22-31-30-21(33-22)14-34-23-29-19-12-17(24(26,27)28)8-11-20(19)32(23)13-15-4-2-1-3-5-15/h1-12H,13-14H2. The van der Waals surface area contributed by atoms with Gasteiger partial charge in [-0.25, -0.2) is 4.98 Å². The first-order valence-corrected chi connectivity index (χ1v) is 11.6. The third-order valence-corrected chi connectivity index (χ3v) is 6.32. The first-order chi connectivity index (χ1) is 16.4. The zero-order valence-electron chi connectivity index (χ0n) is 17.5. The van der Waals surface area contributed by atoms with Crippen molar-refractivity contribution in [3.63, 3.8) is 0 Å². The summed E-state index contributed by atoms with van der Waals surface area (Å²) in [5.74, 6) is 1.05. The molecular weight excluding hydrogens is 485 g/mol. The molecule has 0 unspecified atom stereocenters. The van der Waals surface area contributed by atoms with Crippen LogP contribution in [0.1, 0.15) is 17.0 Å². The van der Waals surface area contributed by atoms with E-state index in [1.807, 2.05) is 34.9 Å². The van der Waals surface area contributed by atoms with Crippen LogP contribution in [-0.2, 0) is 18.5 Å². The number of hydrogen-bond donors (Lipinski definition) is 0. The average molecular weight is 501 g/mol. The van der Waals surface area contributed by atoms with E-state index in [4.69, 9.17) is 16.0 Å². The van der Waals surface area contributed by atoms with Crippen molar-refractivity contribution in [2.24, 2.45) is 0 Å². The Morgan fingerprint density at radius 3 is 2.44 bits per heavy atom. The van der Waals surface area contributed by atoms with Gasteiger partial charge in [0.05, 0.1) is 28.9 Å². The molecule has 0 aliphatic heterocycles. The Kier molecular flexibility index (Phi) is 6.05. The first-order valence-electron chi connectivity index (χ1n) is 10.2. The highest BCUT2D eigenvalue weighted by atomic mass is 35.5. The van der Waals surface area contributed by atoms with Gasteiger partial charge in [-0.05, 0) is 48.0 Å². The predicted octanol–water partition coefficient (Wildman–Crippen LogP) is 7.10. The smallest absolute Gasteiger partial charge is 0.416 e. The number of thioether (sulfide) groups is 1. The highest BCUT2D eigenvalue weighted by Gasteiger charge is 2.31. The molecule has 10 heteroatoms. The fraction of sp³-hybridized carbons (Fsp3) is 0.125. The van der Waals surface area contributed by atoms with Crippen LogP contribution in [0.25, 0.3) is 22.5 Å². The minimum Gasteiger partial charge on any atom is -0.420 e. The number of imidazole rings is 1. The number of fused-ring (bicyclic) bond motifs is 1. The molecule has 5 rings (SSSR count). The number of alkyl halides is 3. The number of rotatable bonds is 6. The Morgan fingerprint density at radius 2 is 1.71 bits per heavy atom. The Hall–Kier alpha value is -3.30. The van der Waals surface area contributed by atoms with Gasteiger partial charge in [0.15, 0.2) is 5.16 Å². The quantitative estimate of drug-likeness (QED) is 0.233. The van der Waals surface area contributed by atoms with Crippen LogP contribution >= 0.6 is 23.4 Å². The lowest BCUT2D eigenvalue weighted by Gasteiger charge is -2.09. The highest BCUT2D eigenvalue weighted by molar-refractivity contribution is 7.98. The number of benzene rings is 3. The van der Waals surface area contributed by atoms with Gasteiger partial charge >= 0.3 is 6.18 Å². The molecule has 2 heterocycles. The summed E-state index contributed by atoms with van der Waals surface area (Å²) >= 11 is 7.24. The van der Waals surface area contributed by atoms with Crippen molar-refractivity contribution in [3.8, 4) is 11.5 Å². The average Bonchev–Trinajstić information content (AvgIpc) is 3.43. The van der Waals surface area contributed by atoms with Gasteiger partial charge in [0.25, 0.3) is 0 Å². The second-order valence-corrected chi connectivity index (χ2v) is 8.84. The van der Waals surface area contributed by atoms with Crippen molar-refractivity contribution in [1.29, 1.82) is 0 Å². The zero-order valence-corrected chi connectivity index (χ0v) is 19.0. The van der Waals surface area contributed by atoms with Crippen LogP contribution in [0.2, 0.25) is 5.02 Å². The summed E-state index contributed by atoms with van der Waals surface area (Å²) in [5.41, 5.74) is 1.91. The van der Waals surface area contributed by atoms with Gasteiger partial charge in [-0.1, -0.05) is 53.7 Å². The van der Waals surface area contributed by atoms with Gasteiger partial charge in [0.1, 0.15) is 0 Å². The molecule has 0 fully saturated rings. The van der Waals surface area contributed by atoms with Crippen LogP contribution < -0.4 is 0 Å². The molecule has 0 atom stereocenters. The van der Waals surface area contributed by atoms with E-state index in [0.717, 1.165) is 23.3 Å². The van der Waals surface area contributed by atoms with E-state index in [1.165, 1.54) is 17.8 Å². The second-order valence-electron chi connectivity index (χ2n) is 7.46. The van der Waals surface area contributed by atoms with E-state index in [1.54, 1.807) is 24.3 Å². The molecule has 5 nitrogen and oxygen atoms in total. The lowest BCUT2D eigenvalue weighted by atomic mass is 10.2. The van der Waals surface area contributed by atoms with Crippen molar-refractivity contribution in [2.75, 3.05) is 0 Å². The summed E-state index contributed by atoms with van der Waals surface area (Å²) in [5, 5.41) is 9.32. The third kappa shape index (κ3) is 4.80. The van der Waals surface area contributed by atoms with Crippen molar-refractivity contribution in [3.05, 3.63) is 94.8 Å². The molecule has 172 valence electrons. The summed E-state index contributed by atoms with van der Waals surface area (Å²) in [6.07, 6.45) is -4.44. The van der Waals surface area contributed by atoms with Gasteiger partial charge in [0, 0.05) is 10.6 Å². The van der Waals surface area contributed by atoms with Crippen LogP contribution in [0.4, 0.5) is 13.2 Å². The summed E-state index contributed by atoms with van der Waals surface area (Å²) in [6.45, 7) is 0.463. The van der Waals surface area contributed by atoms with Crippen LogP contribution in [0.15, 0.2) is 82.4 Å². The van der Waals surface area contributed by atoms with Crippen molar-refractivity contribution in [2.45, 2.75) is 23.6 Å². The molecule has 3 aromatic carbocycles. The van der Waals surface area contributed by atoms with E-state index < -0.39 is 11.7 Å². The Labute approximate surface area is 201 Å². The molecule has 0 saturated heterocycles. The molecule has 2 aromatic heterocycles. The number of nitrogens with zero attached hydrogens (tertiary/aromatic N) is 4. The van der Waals surface area contributed by atoms with E-state index in [2.05, 4.69) is 15.2 Å². The first kappa shape index (κ1) is 22.5. The maximum absolute atomic E-state index is 13.2.